The van der Waals surface area contributed by atoms with E-state index in [1.54, 1.807) is 12.1 Å². The van der Waals surface area contributed by atoms with Gasteiger partial charge in [-0.25, -0.2) is 4.79 Å². The number of nitrogens with one attached hydrogen (secondary N) is 2. The van der Waals surface area contributed by atoms with Gasteiger partial charge in [0.1, 0.15) is 17.8 Å². The number of aliphatic hydroxyl groups excluding tert-OH is 1. The minimum atomic E-state index is -1.48. The Morgan fingerprint density at radius 2 is 1.70 bits per heavy atom. The number of nitrogens with two attached hydrogens (primary N) is 1. The summed E-state index contributed by atoms with van der Waals surface area (Å²) in [6, 6.07) is 2.65. The lowest BCUT2D eigenvalue weighted by atomic mass is 10.0. The Labute approximate surface area is 161 Å². The largest absolute Gasteiger partial charge is 0.508 e. The molecule has 0 radical (unpaired) electrons. The second kappa shape index (κ2) is 11.4. The van der Waals surface area contributed by atoms with Gasteiger partial charge in [0.2, 0.25) is 11.8 Å². The molecule has 0 aromatic heterocycles. The molecule has 7 N–H and O–H groups in total. The van der Waals surface area contributed by atoms with Crippen molar-refractivity contribution < 1.29 is 29.7 Å². The van der Waals surface area contributed by atoms with E-state index in [1.807, 2.05) is 6.26 Å². The zero-order valence-corrected chi connectivity index (χ0v) is 15.7. The number of carboxylic acid groups (broad SMARTS) is 1. The Morgan fingerprint density at radius 3 is 2.22 bits per heavy atom. The fraction of sp³-hybridized carbons (Fsp3) is 0.471. The van der Waals surface area contributed by atoms with Gasteiger partial charge >= 0.3 is 5.97 Å². The molecule has 10 heteroatoms. The number of phenols is 1. The van der Waals surface area contributed by atoms with Crippen LogP contribution in [-0.2, 0) is 20.8 Å². The Bertz CT molecular complexity index is 640. The van der Waals surface area contributed by atoms with Gasteiger partial charge in [-0.2, -0.15) is 11.8 Å². The molecule has 0 fully saturated rings. The highest BCUT2D eigenvalue weighted by molar-refractivity contribution is 7.98. The minimum Gasteiger partial charge on any atom is -0.508 e. The maximum absolute atomic E-state index is 12.5. The molecule has 1 aromatic carbocycles. The van der Waals surface area contributed by atoms with Crippen LogP contribution in [0.2, 0.25) is 0 Å². The molecule has 2 amide bonds. The van der Waals surface area contributed by atoms with E-state index in [1.165, 1.54) is 23.9 Å². The predicted molar refractivity (Wildman–Crippen MR) is 101 cm³/mol. The Hall–Kier alpha value is -2.30. The SMILES string of the molecule is CSCCC(N)C(=O)NC(Cc1ccc(O)cc1)C(=O)NC(CO)C(=O)O. The summed E-state index contributed by atoms with van der Waals surface area (Å²) in [5.74, 6) is -1.95. The average Bonchev–Trinajstić information content (AvgIpc) is 2.64. The van der Waals surface area contributed by atoms with Crippen LogP contribution >= 0.6 is 11.8 Å². The number of amides is 2. The van der Waals surface area contributed by atoms with E-state index < -0.39 is 42.5 Å². The molecule has 3 atom stereocenters. The molecule has 0 aliphatic carbocycles. The number of carboxylic acids is 1. The van der Waals surface area contributed by atoms with Crippen molar-refractivity contribution in [3.63, 3.8) is 0 Å². The number of hydrogen-bond acceptors (Lipinski definition) is 7. The van der Waals surface area contributed by atoms with Crippen molar-refractivity contribution in [3.8, 4) is 5.75 Å². The quantitative estimate of drug-likeness (QED) is 0.278. The number of thioether (sulfide) groups is 1. The fourth-order valence-electron chi connectivity index (χ4n) is 2.19. The molecule has 0 saturated carbocycles. The molecule has 0 spiro atoms. The maximum atomic E-state index is 12.5. The lowest BCUT2D eigenvalue weighted by Gasteiger charge is -2.22. The summed E-state index contributed by atoms with van der Waals surface area (Å²) >= 11 is 1.54. The first-order valence-corrected chi connectivity index (χ1v) is 9.64. The summed E-state index contributed by atoms with van der Waals surface area (Å²) in [4.78, 5) is 35.8. The molecule has 3 unspecified atom stereocenters. The highest BCUT2D eigenvalue weighted by Crippen LogP contribution is 2.12. The number of aliphatic carboxylic acids is 1. The molecule has 1 aromatic rings. The molecule has 150 valence electrons. The van der Waals surface area contributed by atoms with Crippen LogP contribution in [-0.4, -0.2) is 69.8 Å². The van der Waals surface area contributed by atoms with E-state index in [-0.39, 0.29) is 12.2 Å². The van der Waals surface area contributed by atoms with E-state index >= 15 is 0 Å². The van der Waals surface area contributed by atoms with E-state index in [4.69, 9.17) is 15.9 Å². The van der Waals surface area contributed by atoms with Crippen molar-refractivity contribution in [2.75, 3.05) is 18.6 Å². The second-order valence-corrected chi connectivity index (χ2v) is 6.89. The first kappa shape index (κ1) is 22.7. The first-order valence-electron chi connectivity index (χ1n) is 8.25. The molecule has 1 rings (SSSR count). The highest BCUT2D eigenvalue weighted by atomic mass is 32.2. The van der Waals surface area contributed by atoms with Crippen molar-refractivity contribution in [3.05, 3.63) is 29.8 Å². The van der Waals surface area contributed by atoms with E-state index in [0.29, 0.717) is 17.7 Å². The third kappa shape index (κ3) is 7.85. The lowest BCUT2D eigenvalue weighted by Crippen LogP contribution is -2.56. The van der Waals surface area contributed by atoms with Crippen molar-refractivity contribution in [2.24, 2.45) is 5.73 Å². The lowest BCUT2D eigenvalue weighted by molar-refractivity contribution is -0.143. The number of phenolic OH excluding ortho intramolecular Hbond substituents is 1. The third-order valence-corrected chi connectivity index (χ3v) is 4.42. The Morgan fingerprint density at radius 1 is 1.11 bits per heavy atom. The number of carbonyl (C=O) groups excluding carboxylic acids is 2. The monoisotopic (exact) mass is 399 g/mol. The van der Waals surface area contributed by atoms with Gasteiger partial charge < -0.3 is 31.7 Å². The maximum Gasteiger partial charge on any atom is 0.328 e. The summed E-state index contributed by atoms with van der Waals surface area (Å²) in [7, 11) is 0. The highest BCUT2D eigenvalue weighted by Gasteiger charge is 2.27. The van der Waals surface area contributed by atoms with Crippen LogP contribution in [0.5, 0.6) is 5.75 Å². The van der Waals surface area contributed by atoms with Gasteiger partial charge in [0.15, 0.2) is 0 Å². The van der Waals surface area contributed by atoms with Crippen LogP contribution in [0.3, 0.4) is 0 Å². The molecule has 27 heavy (non-hydrogen) atoms. The van der Waals surface area contributed by atoms with Crippen molar-refractivity contribution >= 4 is 29.5 Å². The molecule has 9 nitrogen and oxygen atoms in total. The molecule has 0 aliphatic rings. The van der Waals surface area contributed by atoms with Gasteiger partial charge in [-0.15, -0.1) is 0 Å². The number of aromatic hydroxyl groups is 1. The van der Waals surface area contributed by atoms with Crippen LogP contribution in [0.4, 0.5) is 0 Å². The standard InChI is InChI=1S/C17H25N3O6S/c1-27-7-6-12(18)15(23)19-13(8-10-2-4-11(22)5-3-10)16(24)20-14(9-21)17(25)26/h2-5,12-14,21-22H,6-9,18H2,1H3,(H,19,23)(H,20,24)(H,25,26). The average molecular weight is 399 g/mol. The summed E-state index contributed by atoms with van der Waals surface area (Å²) in [5, 5.41) is 32.1. The summed E-state index contributed by atoms with van der Waals surface area (Å²) in [5.41, 5.74) is 6.46. The van der Waals surface area contributed by atoms with Gasteiger partial charge in [-0.3, -0.25) is 9.59 Å². The summed E-state index contributed by atoms with van der Waals surface area (Å²) in [6.45, 7) is -0.784. The van der Waals surface area contributed by atoms with Crippen molar-refractivity contribution in [1.82, 2.24) is 10.6 Å². The predicted octanol–water partition coefficient (Wildman–Crippen LogP) is -0.938. The summed E-state index contributed by atoms with van der Waals surface area (Å²) < 4.78 is 0. The van der Waals surface area contributed by atoms with Crippen LogP contribution < -0.4 is 16.4 Å². The van der Waals surface area contributed by atoms with Crippen molar-refractivity contribution in [1.29, 1.82) is 0 Å². The summed E-state index contributed by atoms with van der Waals surface area (Å²) in [6.07, 6.45) is 2.37. The molecular formula is C17H25N3O6S. The van der Waals surface area contributed by atoms with Gasteiger partial charge in [0.05, 0.1) is 12.6 Å². The number of hydrogen-bond donors (Lipinski definition) is 6. The fourth-order valence-corrected chi connectivity index (χ4v) is 2.68. The third-order valence-electron chi connectivity index (χ3n) is 3.78. The second-order valence-electron chi connectivity index (χ2n) is 5.90. The van der Waals surface area contributed by atoms with Gasteiger partial charge in [-0.05, 0) is 36.1 Å². The number of carbonyl (C=O) groups is 3. The zero-order chi connectivity index (χ0) is 20.4. The smallest absolute Gasteiger partial charge is 0.328 e. The normalized spacial score (nSPS) is 14.0. The minimum absolute atomic E-state index is 0.0501. The number of rotatable bonds is 11. The van der Waals surface area contributed by atoms with Crippen LogP contribution in [0.25, 0.3) is 0 Å². The van der Waals surface area contributed by atoms with Gasteiger partial charge in [-0.1, -0.05) is 12.1 Å². The van der Waals surface area contributed by atoms with E-state index in [0.717, 1.165) is 0 Å². The van der Waals surface area contributed by atoms with Crippen molar-refractivity contribution in [2.45, 2.75) is 31.0 Å². The Balaban J connectivity index is 2.90. The molecule has 0 saturated heterocycles. The van der Waals surface area contributed by atoms with Crippen LogP contribution in [0.1, 0.15) is 12.0 Å². The Kier molecular flexibility index (Phi) is 9.62. The number of aliphatic hydroxyl groups is 1. The van der Waals surface area contributed by atoms with E-state index in [9.17, 15) is 19.5 Å². The zero-order valence-electron chi connectivity index (χ0n) is 14.9. The van der Waals surface area contributed by atoms with Crippen LogP contribution in [0.15, 0.2) is 24.3 Å². The topological polar surface area (TPSA) is 162 Å². The molecule has 0 heterocycles. The van der Waals surface area contributed by atoms with E-state index in [2.05, 4.69) is 10.6 Å². The molecule has 0 bridgehead atoms. The first-order chi connectivity index (χ1) is 12.8. The van der Waals surface area contributed by atoms with Gasteiger partial charge in [0, 0.05) is 6.42 Å². The molecule has 0 aliphatic heterocycles. The van der Waals surface area contributed by atoms with Gasteiger partial charge in [0.25, 0.3) is 0 Å². The van der Waals surface area contributed by atoms with Crippen LogP contribution in [0, 0.1) is 0 Å². The number of benzene rings is 1. The molecular weight excluding hydrogens is 374 g/mol.